The minimum absolute atomic E-state index is 0.0717. The molecule has 1 aliphatic rings. The molecule has 1 aromatic carbocycles. The molecule has 2 rings (SSSR count). The molecule has 88 valence electrons. The molecule has 16 heavy (non-hydrogen) atoms. The van der Waals surface area contributed by atoms with Gasteiger partial charge in [0.2, 0.25) is 0 Å². The van der Waals surface area contributed by atoms with Crippen LogP contribution in [-0.2, 0) is 0 Å². The second-order valence-corrected chi connectivity index (χ2v) is 6.07. The van der Waals surface area contributed by atoms with Crippen LogP contribution in [-0.4, -0.2) is 0 Å². The average Bonchev–Trinajstić information content (AvgIpc) is 2.75. The van der Waals surface area contributed by atoms with E-state index in [-0.39, 0.29) is 15.1 Å². The van der Waals surface area contributed by atoms with Gasteiger partial charge < -0.3 is 0 Å². The number of alkyl halides is 1. The smallest absolute Gasteiger partial charge is 0.137 e. The maximum atomic E-state index is 13.7. The van der Waals surface area contributed by atoms with Gasteiger partial charge in [-0.2, -0.15) is 0 Å². The summed E-state index contributed by atoms with van der Waals surface area (Å²) in [6.45, 7) is 0. The predicted molar refractivity (Wildman–Crippen MR) is 67.7 cm³/mol. The second-order valence-electron chi connectivity index (χ2n) is 4.23. The van der Waals surface area contributed by atoms with E-state index in [2.05, 4.69) is 31.9 Å². The van der Waals surface area contributed by atoms with Crippen LogP contribution in [0.4, 0.5) is 8.78 Å². The fourth-order valence-electron chi connectivity index (χ4n) is 2.25. The lowest BCUT2D eigenvalue weighted by Crippen LogP contribution is -2.06. The Labute approximate surface area is 111 Å². The molecule has 0 aromatic heterocycles. The highest BCUT2D eigenvalue weighted by Gasteiger charge is 2.26. The fourth-order valence-corrected chi connectivity index (χ4v) is 3.45. The number of benzene rings is 1. The summed E-state index contributed by atoms with van der Waals surface area (Å²) < 4.78 is 27.3. The number of hydrogen-bond donors (Lipinski definition) is 0. The fraction of sp³-hybridized carbons (Fsp3) is 0.500. The van der Waals surface area contributed by atoms with E-state index >= 15 is 0 Å². The van der Waals surface area contributed by atoms with Gasteiger partial charge in [-0.3, -0.25) is 0 Å². The highest BCUT2D eigenvalue weighted by atomic mass is 79.9. The minimum atomic E-state index is -0.404. The predicted octanol–water partition coefficient (Wildman–Crippen LogP) is 5.35. The van der Waals surface area contributed by atoms with Crippen molar-refractivity contribution in [2.45, 2.75) is 30.5 Å². The molecule has 1 aliphatic carbocycles. The van der Waals surface area contributed by atoms with Crippen LogP contribution in [0.15, 0.2) is 16.6 Å². The molecule has 0 bridgehead atoms. The zero-order valence-electron chi connectivity index (χ0n) is 8.65. The van der Waals surface area contributed by atoms with Gasteiger partial charge in [0.1, 0.15) is 11.6 Å². The highest BCUT2D eigenvalue weighted by molar-refractivity contribution is 9.10. The van der Waals surface area contributed by atoms with Crippen molar-refractivity contribution in [2.24, 2.45) is 5.92 Å². The van der Waals surface area contributed by atoms with Crippen molar-refractivity contribution in [1.29, 1.82) is 0 Å². The summed E-state index contributed by atoms with van der Waals surface area (Å²) in [4.78, 5) is -0.0717. The summed E-state index contributed by atoms with van der Waals surface area (Å²) in [5.41, 5.74) is 0.438. The third kappa shape index (κ3) is 2.48. The van der Waals surface area contributed by atoms with Crippen molar-refractivity contribution < 1.29 is 8.78 Å². The van der Waals surface area contributed by atoms with Gasteiger partial charge in [0.25, 0.3) is 0 Å². The van der Waals surface area contributed by atoms with E-state index in [9.17, 15) is 8.78 Å². The summed E-state index contributed by atoms with van der Waals surface area (Å²) >= 11 is 6.48. The van der Waals surface area contributed by atoms with E-state index in [0.29, 0.717) is 11.5 Å². The Morgan fingerprint density at radius 1 is 1.12 bits per heavy atom. The van der Waals surface area contributed by atoms with E-state index in [1.165, 1.54) is 25.0 Å². The van der Waals surface area contributed by atoms with Crippen molar-refractivity contribution in [3.05, 3.63) is 33.8 Å². The molecule has 0 nitrogen and oxygen atoms in total. The van der Waals surface area contributed by atoms with Crippen LogP contribution >= 0.6 is 31.9 Å². The zero-order chi connectivity index (χ0) is 11.7. The lowest BCUT2D eigenvalue weighted by atomic mass is 9.97. The molecule has 0 amide bonds. The van der Waals surface area contributed by atoms with Gasteiger partial charge in [0, 0.05) is 10.4 Å². The summed E-state index contributed by atoms with van der Waals surface area (Å²) in [5, 5.41) is 0. The van der Waals surface area contributed by atoms with Crippen LogP contribution in [0.5, 0.6) is 0 Å². The van der Waals surface area contributed by atoms with Gasteiger partial charge in [0.15, 0.2) is 0 Å². The molecule has 0 heterocycles. The van der Waals surface area contributed by atoms with Crippen LogP contribution in [0.25, 0.3) is 0 Å². The standard InChI is InChI=1S/C12H12Br2F2/c13-9-6-10(15)8(5-11(9)16)12(14)7-3-1-2-4-7/h5-7,12H,1-4H2. The molecule has 0 radical (unpaired) electrons. The molecule has 0 N–H and O–H groups in total. The SMILES string of the molecule is Fc1cc(C(Br)C2CCCC2)c(F)cc1Br. The second kappa shape index (κ2) is 5.13. The van der Waals surface area contributed by atoms with Crippen LogP contribution in [0.3, 0.4) is 0 Å². The van der Waals surface area contributed by atoms with Crippen molar-refractivity contribution in [3.8, 4) is 0 Å². The molecule has 0 spiro atoms. The Balaban J connectivity index is 2.28. The van der Waals surface area contributed by atoms with Gasteiger partial charge in [-0.25, -0.2) is 8.78 Å². The Bertz CT molecular complexity index is 387. The Morgan fingerprint density at radius 3 is 2.38 bits per heavy atom. The highest BCUT2D eigenvalue weighted by Crippen LogP contribution is 2.42. The van der Waals surface area contributed by atoms with Gasteiger partial charge in [-0.05, 0) is 46.8 Å². The van der Waals surface area contributed by atoms with E-state index in [1.54, 1.807) is 0 Å². The van der Waals surface area contributed by atoms with Crippen LogP contribution in [0, 0.1) is 17.6 Å². The summed E-state index contributed by atoms with van der Waals surface area (Å²) in [6.07, 6.45) is 4.56. The Hall–Kier alpha value is 0.0400. The molecule has 1 fully saturated rings. The van der Waals surface area contributed by atoms with Gasteiger partial charge in [0.05, 0.1) is 4.47 Å². The maximum absolute atomic E-state index is 13.7. The van der Waals surface area contributed by atoms with E-state index in [1.807, 2.05) is 0 Å². The molecule has 0 saturated heterocycles. The Kier molecular flexibility index (Phi) is 4.01. The van der Waals surface area contributed by atoms with Crippen LogP contribution in [0.2, 0.25) is 0 Å². The molecule has 1 atom stereocenters. The van der Waals surface area contributed by atoms with Crippen LogP contribution in [0.1, 0.15) is 36.1 Å². The first kappa shape index (κ1) is 12.5. The number of halogens is 4. The molecule has 1 aromatic rings. The summed E-state index contributed by atoms with van der Waals surface area (Å²) in [5.74, 6) is -0.323. The van der Waals surface area contributed by atoms with Crippen molar-refractivity contribution >= 4 is 31.9 Å². The third-order valence-electron chi connectivity index (χ3n) is 3.15. The summed E-state index contributed by atoms with van der Waals surface area (Å²) in [6, 6.07) is 2.49. The van der Waals surface area contributed by atoms with Crippen molar-refractivity contribution in [2.75, 3.05) is 0 Å². The average molecular weight is 354 g/mol. The third-order valence-corrected chi connectivity index (χ3v) is 5.00. The lowest BCUT2D eigenvalue weighted by Gasteiger charge is -2.18. The van der Waals surface area contributed by atoms with E-state index < -0.39 is 5.82 Å². The van der Waals surface area contributed by atoms with E-state index in [0.717, 1.165) is 12.8 Å². The Morgan fingerprint density at radius 2 is 1.75 bits per heavy atom. The van der Waals surface area contributed by atoms with Gasteiger partial charge in [-0.1, -0.05) is 28.8 Å². The quantitative estimate of drug-likeness (QED) is 0.496. The monoisotopic (exact) mass is 352 g/mol. The topological polar surface area (TPSA) is 0 Å². The largest absolute Gasteiger partial charge is 0.207 e. The molecule has 0 aliphatic heterocycles. The van der Waals surface area contributed by atoms with Crippen LogP contribution < -0.4 is 0 Å². The lowest BCUT2D eigenvalue weighted by molar-refractivity contribution is 0.510. The number of rotatable bonds is 2. The number of hydrogen-bond acceptors (Lipinski definition) is 0. The molecular formula is C12H12Br2F2. The van der Waals surface area contributed by atoms with Gasteiger partial charge >= 0.3 is 0 Å². The van der Waals surface area contributed by atoms with Crippen molar-refractivity contribution in [1.82, 2.24) is 0 Å². The molecule has 4 heteroatoms. The molecule has 1 saturated carbocycles. The summed E-state index contributed by atoms with van der Waals surface area (Å²) in [7, 11) is 0. The van der Waals surface area contributed by atoms with Gasteiger partial charge in [-0.15, -0.1) is 0 Å². The first-order valence-corrected chi connectivity index (χ1v) is 7.09. The zero-order valence-corrected chi connectivity index (χ0v) is 11.8. The maximum Gasteiger partial charge on any atom is 0.137 e. The van der Waals surface area contributed by atoms with Crippen molar-refractivity contribution in [3.63, 3.8) is 0 Å². The first-order chi connectivity index (χ1) is 7.59. The molecular weight excluding hydrogens is 342 g/mol. The first-order valence-electron chi connectivity index (χ1n) is 5.38. The minimum Gasteiger partial charge on any atom is -0.207 e. The normalized spacial score (nSPS) is 19.0. The molecule has 1 unspecified atom stereocenters. The van der Waals surface area contributed by atoms with E-state index in [4.69, 9.17) is 0 Å².